The SMILES string of the molecule is Nc1ncc(Cc2cc(Br)cc3c2OCC3)s1. The van der Waals surface area contributed by atoms with Crippen LogP contribution >= 0.6 is 27.3 Å². The zero-order valence-corrected chi connectivity index (χ0v) is 11.5. The Kier molecular flexibility index (Phi) is 2.80. The van der Waals surface area contributed by atoms with Crippen molar-refractivity contribution in [1.29, 1.82) is 0 Å². The van der Waals surface area contributed by atoms with E-state index in [4.69, 9.17) is 10.5 Å². The first-order valence-corrected chi connectivity index (χ1v) is 6.97. The highest BCUT2D eigenvalue weighted by atomic mass is 79.9. The zero-order valence-electron chi connectivity index (χ0n) is 9.07. The summed E-state index contributed by atoms with van der Waals surface area (Å²) in [5.41, 5.74) is 8.13. The van der Waals surface area contributed by atoms with Gasteiger partial charge in [-0.2, -0.15) is 0 Å². The molecule has 3 rings (SSSR count). The minimum atomic E-state index is 0.618. The standard InChI is InChI=1S/C12H11BrN2OS/c13-9-3-7-1-2-16-11(7)8(4-9)5-10-6-15-12(14)17-10/h3-4,6H,1-2,5H2,(H2,14,15). The molecule has 88 valence electrons. The van der Waals surface area contributed by atoms with Crippen LogP contribution in [0.4, 0.5) is 5.13 Å². The lowest BCUT2D eigenvalue weighted by Crippen LogP contribution is -1.92. The normalized spacial score (nSPS) is 13.5. The molecule has 0 amide bonds. The van der Waals surface area contributed by atoms with Gasteiger partial charge in [-0.3, -0.25) is 0 Å². The van der Waals surface area contributed by atoms with Crippen molar-refractivity contribution in [3.8, 4) is 5.75 Å². The second kappa shape index (κ2) is 4.31. The number of hydrogen-bond acceptors (Lipinski definition) is 4. The van der Waals surface area contributed by atoms with Gasteiger partial charge in [0, 0.05) is 34.0 Å². The average Bonchev–Trinajstić information content (AvgIpc) is 2.87. The van der Waals surface area contributed by atoms with Crippen LogP contribution in [0.25, 0.3) is 0 Å². The third-order valence-electron chi connectivity index (χ3n) is 2.76. The molecule has 0 saturated heterocycles. The number of ether oxygens (including phenoxy) is 1. The summed E-state index contributed by atoms with van der Waals surface area (Å²) in [5.74, 6) is 1.04. The van der Waals surface area contributed by atoms with Gasteiger partial charge in [-0.25, -0.2) is 4.98 Å². The number of fused-ring (bicyclic) bond motifs is 1. The Balaban J connectivity index is 1.98. The third-order valence-corrected chi connectivity index (χ3v) is 4.05. The molecule has 1 aromatic heterocycles. The molecule has 5 heteroatoms. The number of nitrogen functional groups attached to an aromatic ring is 1. The first-order valence-electron chi connectivity index (χ1n) is 5.36. The fourth-order valence-electron chi connectivity index (χ4n) is 2.07. The largest absolute Gasteiger partial charge is 0.493 e. The van der Waals surface area contributed by atoms with Gasteiger partial charge in [-0.1, -0.05) is 15.9 Å². The first kappa shape index (κ1) is 11.0. The second-order valence-electron chi connectivity index (χ2n) is 3.99. The molecule has 1 aromatic carbocycles. The average molecular weight is 311 g/mol. The van der Waals surface area contributed by atoms with Gasteiger partial charge >= 0.3 is 0 Å². The molecule has 0 saturated carbocycles. The van der Waals surface area contributed by atoms with E-state index in [1.807, 2.05) is 6.20 Å². The Morgan fingerprint density at radius 2 is 2.35 bits per heavy atom. The highest BCUT2D eigenvalue weighted by Gasteiger charge is 2.18. The highest BCUT2D eigenvalue weighted by Crippen LogP contribution is 2.35. The Morgan fingerprint density at radius 1 is 1.47 bits per heavy atom. The van der Waals surface area contributed by atoms with Gasteiger partial charge in [0.25, 0.3) is 0 Å². The van der Waals surface area contributed by atoms with E-state index in [0.29, 0.717) is 5.13 Å². The number of nitrogens with two attached hydrogens (primary N) is 1. The Bertz CT molecular complexity index is 568. The predicted molar refractivity (Wildman–Crippen MR) is 72.7 cm³/mol. The molecule has 17 heavy (non-hydrogen) atoms. The van der Waals surface area contributed by atoms with Crippen LogP contribution in [0.3, 0.4) is 0 Å². The van der Waals surface area contributed by atoms with Crippen molar-refractivity contribution in [3.05, 3.63) is 38.8 Å². The number of hydrogen-bond donors (Lipinski definition) is 1. The van der Waals surface area contributed by atoms with E-state index in [0.717, 1.165) is 29.7 Å². The van der Waals surface area contributed by atoms with E-state index < -0.39 is 0 Å². The summed E-state index contributed by atoms with van der Waals surface area (Å²) < 4.78 is 6.80. The quantitative estimate of drug-likeness (QED) is 0.927. The molecule has 0 unspecified atom stereocenters. The number of anilines is 1. The number of halogens is 1. The second-order valence-corrected chi connectivity index (χ2v) is 6.06. The molecular formula is C12H11BrN2OS. The third kappa shape index (κ3) is 2.17. The summed E-state index contributed by atoms with van der Waals surface area (Å²) in [6, 6.07) is 4.24. The van der Waals surface area contributed by atoms with Crippen LogP contribution < -0.4 is 10.5 Å². The molecule has 0 fully saturated rings. The van der Waals surface area contributed by atoms with Gasteiger partial charge in [0.05, 0.1) is 6.61 Å². The molecule has 0 spiro atoms. The summed E-state index contributed by atoms with van der Waals surface area (Å²) in [6.45, 7) is 0.781. The number of aromatic nitrogens is 1. The van der Waals surface area contributed by atoms with Crippen molar-refractivity contribution in [1.82, 2.24) is 4.98 Å². The Labute approximate surface area is 112 Å². The van der Waals surface area contributed by atoms with E-state index in [2.05, 4.69) is 33.0 Å². The molecule has 2 aromatic rings. The molecule has 0 atom stereocenters. The minimum absolute atomic E-state index is 0.618. The molecule has 0 aliphatic carbocycles. The lowest BCUT2D eigenvalue weighted by atomic mass is 10.1. The molecule has 2 heterocycles. The zero-order chi connectivity index (χ0) is 11.8. The van der Waals surface area contributed by atoms with Crippen molar-refractivity contribution in [2.75, 3.05) is 12.3 Å². The van der Waals surface area contributed by atoms with Crippen LogP contribution in [0, 0.1) is 0 Å². The maximum absolute atomic E-state index is 5.70. The van der Waals surface area contributed by atoms with Crippen LogP contribution in [0.2, 0.25) is 0 Å². The molecule has 0 radical (unpaired) electrons. The van der Waals surface area contributed by atoms with Crippen molar-refractivity contribution in [2.24, 2.45) is 0 Å². The van der Waals surface area contributed by atoms with Gasteiger partial charge in [0.1, 0.15) is 5.75 Å². The highest BCUT2D eigenvalue weighted by molar-refractivity contribution is 9.10. The van der Waals surface area contributed by atoms with E-state index in [-0.39, 0.29) is 0 Å². The molecular weight excluding hydrogens is 300 g/mol. The summed E-state index contributed by atoms with van der Waals surface area (Å²) >= 11 is 5.07. The molecule has 3 nitrogen and oxygen atoms in total. The van der Waals surface area contributed by atoms with Crippen molar-refractivity contribution >= 4 is 32.4 Å². The lowest BCUT2D eigenvalue weighted by Gasteiger charge is -2.07. The fourth-order valence-corrected chi connectivity index (χ4v) is 3.33. The number of nitrogens with zero attached hydrogens (tertiary/aromatic N) is 1. The Morgan fingerprint density at radius 3 is 3.12 bits per heavy atom. The van der Waals surface area contributed by atoms with E-state index >= 15 is 0 Å². The number of rotatable bonds is 2. The Hall–Kier alpha value is -1.07. The minimum Gasteiger partial charge on any atom is -0.493 e. The summed E-state index contributed by atoms with van der Waals surface area (Å²) in [4.78, 5) is 5.24. The van der Waals surface area contributed by atoms with Gasteiger partial charge in [-0.15, -0.1) is 11.3 Å². The monoisotopic (exact) mass is 310 g/mol. The smallest absolute Gasteiger partial charge is 0.180 e. The molecule has 2 N–H and O–H groups in total. The van der Waals surface area contributed by atoms with E-state index in [1.165, 1.54) is 27.3 Å². The van der Waals surface area contributed by atoms with Gasteiger partial charge in [0.2, 0.25) is 0 Å². The van der Waals surface area contributed by atoms with Crippen LogP contribution in [0.1, 0.15) is 16.0 Å². The predicted octanol–water partition coefficient (Wildman–Crippen LogP) is 3.01. The number of thiazole rings is 1. The summed E-state index contributed by atoms with van der Waals surface area (Å²) in [6.07, 6.45) is 3.66. The van der Waals surface area contributed by atoms with Crippen LogP contribution in [0.5, 0.6) is 5.75 Å². The molecule has 1 aliphatic rings. The topological polar surface area (TPSA) is 48.1 Å². The molecule has 1 aliphatic heterocycles. The van der Waals surface area contributed by atoms with Crippen LogP contribution in [-0.2, 0) is 12.8 Å². The van der Waals surface area contributed by atoms with Crippen molar-refractivity contribution < 1.29 is 4.74 Å². The first-order chi connectivity index (χ1) is 8.22. The summed E-state index contributed by atoms with van der Waals surface area (Å²) in [7, 11) is 0. The fraction of sp³-hybridized carbons (Fsp3) is 0.250. The van der Waals surface area contributed by atoms with Crippen LogP contribution in [-0.4, -0.2) is 11.6 Å². The lowest BCUT2D eigenvalue weighted by molar-refractivity contribution is 0.354. The van der Waals surface area contributed by atoms with Crippen molar-refractivity contribution in [2.45, 2.75) is 12.8 Å². The van der Waals surface area contributed by atoms with Gasteiger partial charge < -0.3 is 10.5 Å². The van der Waals surface area contributed by atoms with Crippen molar-refractivity contribution in [3.63, 3.8) is 0 Å². The van der Waals surface area contributed by atoms with E-state index in [9.17, 15) is 0 Å². The van der Waals surface area contributed by atoms with Crippen LogP contribution in [0.15, 0.2) is 22.8 Å². The van der Waals surface area contributed by atoms with Gasteiger partial charge in [0.15, 0.2) is 5.13 Å². The summed E-state index contributed by atoms with van der Waals surface area (Å²) in [5, 5.41) is 0.618. The molecule has 0 bridgehead atoms. The maximum Gasteiger partial charge on any atom is 0.180 e. The van der Waals surface area contributed by atoms with E-state index in [1.54, 1.807) is 0 Å². The maximum atomic E-state index is 5.70. The number of benzene rings is 1. The van der Waals surface area contributed by atoms with Gasteiger partial charge in [-0.05, 0) is 17.7 Å².